The van der Waals surface area contributed by atoms with E-state index < -0.39 is 16.5 Å². The third-order valence-corrected chi connectivity index (χ3v) is 11.5. The predicted molar refractivity (Wildman–Crippen MR) is 106 cm³/mol. The zero-order chi connectivity index (χ0) is 17.1. The van der Waals surface area contributed by atoms with E-state index in [0.29, 0.717) is 0 Å². The van der Waals surface area contributed by atoms with Crippen LogP contribution in [0.1, 0.15) is 11.5 Å². The summed E-state index contributed by atoms with van der Waals surface area (Å²) in [5.74, 6) is -0.263. The molecule has 0 aliphatic rings. The van der Waals surface area contributed by atoms with E-state index in [4.69, 9.17) is 0 Å². The van der Waals surface area contributed by atoms with Crippen LogP contribution in [-0.4, -0.2) is 31.9 Å². The van der Waals surface area contributed by atoms with Gasteiger partial charge in [-0.15, -0.1) is 19.2 Å². The Kier molecular flexibility index (Phi) is 6.44. The molecule has 2 nitrogen and oxygen atoms in total. The molecule has 1 aromatic rings. The number of carbonyl (C=O) groups excluding carboxylic acids is 1. The summed E-state index contributed by atoms with van der Waals surface area (Å²) in [6.07, 6.45) is 1.95. The van der Waals surface area contributed by atoms with Gasteiger partial charge in [-0.1, -0.05) is 75.7 Å². The predicted octanol–water partition coefficient (Wildman–Crippen LogP) is 4.75. The molecule has 5 heteroatoms. The first-order chi connectivity index (χ1) is 10.00. The van der Waals surface area contributed by atoms with Crippen LogP contribution in [0.5, 0.6) is 0 Å². The smallest absolute Gasteiger partial charge is 0.195 e. The van der Waals surface area contributed by atoms with Crippen LogP contribution >= 0.6 is 12.6 Å². The van der Waals surface area contributed by atoms with Gasteiger partial charge in [0.25, 0.3) is 0 Å². The van der Waals surface area contributed by atoms with Crippen molar-refractivity contribution in [1.29, 1.82) is 0 Å². The van der Waals surface area contributed by atoms with Crippen molar-refractivity contribution in [2.75, 3.05) is 0 Å². The fourth-order valence-electron chi connectivity index (χ4n) is 3.44. The summed E-state index contributed by atoms with van der Waals surface area (Å²) in [6.45, 7) is 18.1. The van der Waals surface area contributed by atoms with Gasteiger partial charge in [0, 0.05) is 6.04 Å². The second kappa shape index (κ2) is 7.30. The van der Waals surface area contributed by atoms with Gasteiger partial charge >= 0.3 is 0 Å². The number of nitrogens with zero attached hydrogens (tertiary/aromatic N) is 1. The number of thiol groups is 1. The molecule has 1 aromatic carbocycles. The SMILES string of the molecule is C=CC(C(C(=O)S)c1ccccc1)N([Si](C)(C)C)[Si](C)(C)C. The van der Waals surface area contributed by atoms with Gasteiger partial charge in [0.15, 0.2) is 5.12 Å². The molecule has 0 spiro atoms. The molecule has 0 heterocycles. The van der Waals surface area contributed by atoms with Crippen LogP contribution in [0.3, 0.4) is 0 Å². The maximum absolute atomic E-state index is 12.3. The van der Waals surface area contributed by atoms with Crippen molar-refractivity contribution in [2.45, 2.75) is 51.2 Å². The lowest BCUT2D eigenvalue weighted by Gasteiger charge is -2.49. The van der Waals surface area contributed by atoms with Crippen molar-refractivity contribution in [2.24, 2.45) is 0 Å². The van der Waals surface area contributed by atoms with Gasteiger partial charge in [-0.25, -0.2) is 0 Å². The van der Waals surface area contributed by atoms with Crippen molar-refractivity contribution >= 4 is 34.2 Å². The van der Waals surface area contributed by atoms with E-state index in [2.05, 4.69) is 62.7 Å². The summed E-state index contributed by atoms with van der Waals surface area (Å²) in [7, 11) is -3.22. The van der Waals surface area contributed by atoms with Crippen LogP contribution in [0.4, 0.5) is 0 Å². The number of carbonyl (C=O) groups is 1. The van der Waals surface area contributed by atoms with Gasteiger partial charge < -0.3 is 4.23 Å². The quantitative estimate of drug-likeness (QED) is 0.434. The monoisotopic (exact) mass is 351 g/mol. The summed E-state index contributed by atoms with van der Waals surface area (Å²) in [4.78, 5) is 12.3. The lowest BCUT2D eigenvalue weighted by Crippen LogP contribution is -2.64. The van der Waals surface area contributed by atoms with Gasteiger partial charge in [0.05, 0.1) is 5.92 Å². The van der Waals surface area contributed by atoms with E-state index in [0.717, 1.165) is 5.56 Å². The number of hydrogen-bond acceptors (Lipinski definition) is 2. The third kappa shape index (κ3) is 4.68. The van der Waals surface area contributed by atoms with Crippen molar-refractivity contribution in [3.63, 3.8) is 0 Å². The van der Waals surface area contributed by atoms with E-state index in [1.54, 1.807) is 0 Å². The molecule has 2 atom stereocenters. The normalized spacial score (nSPS) is 15.5. The second-order valence-electron chi connectivity index (χ2n) is 7.66. The highest BCUT2D eigenvalue weighted by Crippen LogP contribution is 2.33. The summed E-state index contributed by atoms with van der Waals surface area (Å²) in [5, 5.41) is -0.0856. The number of rotatable bonds is 7. The summed E-state index contributed by atoms with van der Waals surface area (Å²) >= 11 is 4.20. The lowest BCUT2D eigenvalue weighted by atomic mass is 9.93. The van der Waals surface area contributed by atoms with Crippen LogP contribution in [0, 0.1) is 0 Å². The summed E-state index contributed by atoms with van der Waals surface area (Å²) < 4.78 is 2.62. The van der Waals surface area contributed by atoms with Gasteiger partial charge in [0.2, 0.25) is 0 Å². The molecule has 0 saturated heterocycles. The van der Waals surface area contributed by atoms with Crippen LogP contribution in [0.2, 0.25) is 39.3 Å². The Bertz CT molecular complexity index is 506. The minimum atomic E-state index is -1.61. The Hall–Kier alpha value is -0.626. The van der Waals surface area contributed by atoms with E-state index in [1.807, 2.05) is 36.4 Å². The van der Waals surface area contributed by atoms with Gasteiger partial charge in [-0.2, -0.15) is 0 Å². The summed E-state index contributed by atoms with van der Waals surface area (Å²) in [6, 6.07) is 9.97. The van der Waals surface area contributed by atoms with E-state index in [9.17, 15) is 4.79 Å². The molecule has 0 bridgehead atoms. The zero-order valence-electron chi connectivity index (χ0n) is 14.6. The van der Waals surface area contributed by atoms with E-state index in [1.165, 1.54) is 0 Å². The largest absolute Gasteiger partial charge is 0.339 e. The maximum atomic E-state index is 12.3. The molecule has 0 aliphatic heterocycles. The molecule has 122 valence electrons. The minimum Gasteiger partial charge on any atom is -0.339 e. The van der Waals surface area contributed by atoms with Crippen molar-refractivity contribution in [3.05, 3.63) is 48.6 Å². The molecule has 22 heavy (non-hydrogen) atoms. The maximum Gasteiger partial charge on any atom is 0.195 e. The average Bonchev–Trinajstić information content (AvgIpc) is 2.35. The first kappa shape index (κ1) is 19.4. The fraction of sp³-hybridized carbons (Fsp3) is 0.471. The molecule has 0 fully saturated rings. The molecular weight excluding hydrogens is 322 g/mol. The fourth-order valence-corrected chi connectivity index (χ4v) is 14.1. The zero-order valence-corrected chi connectivity index (χ0v) is 17.5. The highest BCUT2D eigenvalue weighted by atomic mass is 32.1. The third-order valence-electron chi connectivity index (χ3n) is 3.75. The van der Waals surface area contributed by atoms with Gasteiger partial charge in [0.1, 0.15) is 16.5 Å². The Morgan fingerprint density at radius 1 is 1.09 bits per heavy atom. The van der Waals surface area contributed by atoms with Crippen molar-refractivity contribution in [1.82, 2.24) is 4.23 Å². The standard InChI is InChI=1S/C17H29NOSSi2/c1-8-15(18(21(2,3)4)22(5,6)7)16(17(19)20)14-12-10-9-11-13-14/h8-13,15-16H,1H2,2-7H3,(H,19,20). The highest BCUT2D eigenvalue weighted by Gasteiger charge is 2.42. The Morgan fingerprint density at radius 2 is 1.55 bits per heavy atom. The second-order valence-corrected chi connectivity index (χ2v) is 18.2. The molecule has 1 rings (SSSR count). The van der Waals surface area contributed by atoms with Crippen LogP contribution in [-0.2, 0) is 4.79 Å². The molecule has 2 unspecified atom stereocenters. The topological polar surface area (TPSA) is 20.3 Å². The Morgan fingerprint density at radius 3 is 1.86 bits per heavy atom. The van der Waals surface area contributed by atoms with Crippen LogP contribution in [0.25, 0.3) is 0 Å². The van der Waals surface area contributed by atoms with Crippen molar-refractivity contribution < 1.29 is 4.79 Å². The highest BCUT2D eigenvalue weighted by molar-refractivity contribution is 7.96. The molecule has 0 aromatic heterocycles. The molecule has 0 aliphatic carbocycles. The minimum absolute atomic E-state index is 0.00531. The van der Waals surface area contributed by atoms with E-state index >= 15 is 0 Å². The number of benzene rings is 1. The van der Waals surface area contributed by atoms with Crippen molar-refractivity contribution in [3.8, 4) is 0 Å². The first-order valence-corrected chi connectivity index (χ1v) is 15.0. The van der Waals surface area contributed by atoms with Gasteiger partial charge in [-0.05, 0) is 5.56 Å². The van der Waals surface area contributed by atoms with Gasteiger partial charge in [-0.3, -0.25) is 4.79 Å². The molecule has 0 radical (unpaired) electrons. The molecule has 0 N–H and O–H groups in total. The molecular formula is C17H29NOSSi2. The van der Waals surface area contributed by atoms with E-state index in [-0.39, 0.29) is 17.1 Å². The van der Waals surface area contributed by atoms with Crippen LogP contribution in [0.15, 0.2) is 43.0 Å². The van der Waals surface area contributed by atoms with Crippen LogP contribution < -0.4 is 0 Å². The number of hydrogen-bond donors (Lipinski definition) is 1. The lowest BCUT2D eigenvalue weighted by molar-refractivity contribution is -0.112. The Balaban J connectivity index is 3.41. The Labute approximate surface area is 143 Å². The molecule has 0 saturated carbocycles. The summed E-state index contributed by atoms with van der Waals surface area (Å²) in [5.41, 5.74) is 1.02. The average molecular weight is 352 g/mol. The molecule has 0 amide bonds. The first-order valence-electron chi connectivity index (χ1n) is 7.70.